The van der Waals surface area contributed by atoms with E-state index >= 15 is 0 Å². The number of ether oxygens (including phenoxy) is 2. The Labute approximate surface area is 218 Å². The molecule has 0 aliphatic heterocycles. The zero-order valence-corrected chi connectivity index (χ0v) is 21.9. The lowest BCUT2D eigenvalue weighted by Gasteiger charge is -2.56. The number of hydrogen-bond donors (Lipinski definition) is 2. The number of carbonyl (C=O) groups is 4. The maximum absolute atomic E-state index is 13.6. The highest BCUT2D eigenvalue weighted by Gasteiger charge is 2.68. The molecule has 0 aromatic heterocycles. The van der Waals surface area contributed by atoms with Crippen LogP contribution in [0.25, 0.3) is 0 Å². The molecule has 0 spiro atoms. The van der Waals surface area contributed by atoms with Crippen molar-refractivity contribution in [2.75, 3.05) is 19.8 Å². The number of nitrogens with two attached hydrogens (primary N) is 1. The quantitative estimate of drug-likeness (QED) is 0.365. The SMILES string of the molecule is C[C@]12C=CC(=O)C=C1CC[C@@H]1[C@@H]2C(=O)C[C@@]2(C)[C@H]1CC[C@]2(O)C(=O)COC(=O)OCCCCCN.Cl. The summed E-state index contributed by atoms with van der Waals surface area (Å²) in [5.74, 6) is -0.876. The number of allylic oxidation sites excluding steroid dienone is 4. The van der Waals surface area contributed by atoms with Crippen LogP contribution in [-0.4, -0.2) is 54.0 Å². The van der Waals surface area contributed by atoms with Crippen molar-refractivity contribution in [3.05, 3.63) is 23.8 Å². The number of hydrogen-bond acceptors (Lipinski definition) is 8. The minimum atomic E-state index is -1.74. The molecule has 4 aliphatic rings. The summed E-state index contributed by atoms with van der Waals surface area (Å²) < 4.78 is 10.0. The van der Waals surface area contributed by atoms with E-state index < -0.39 is 35.0 Å². The summed E-state index contributed by atoms with van der Waals surface area (Å²) in [5.41, 5.74) is 3.27. The van der Waals surface area contributed by atoms with Crippen LogP contribution in [0.5, 0.6) is 0 Å². The Morgan fingerprint density at radius 2 is 1.89 bits per heavy atom. The Morgan fingerprint density at radius 1 is 1.14 bits per heavy atom. The Kier molecular flexibility index (Phi) is 8.53. The summed E-state index contributed by atoms with van der Waals surface area (Å²) >= 11 is 0. The van der Waals surface area contributed by atoms with Crippen LogP contribution in [-0.2, 0) is 23.9 Å². The lowest BCUT2D eigenvalue weighted by molar-refractivity contribution is -0.169. The average Bonchev–Trinajstić information content (AvgIpc) is 3.08. The van der Waals surface area contributed by atoms with Crippen LogP contribution >= 0.6 is 12.4 Å². The van der Waals surface area contributed by atoms with Crippen molar-refractivity contribution in [3.8, 4) is 0 Å². The summed E-state index contributed by atoms with van der Waals surface area (Å²) in [6.45, 7) is 4.04. The van der Waals surface area contributed by atoms with Crippen molar-refractivity contribution >= 4 is 35.9 Å². The number of halogens is 1. The number of Topliss-reactive ketones (excluding diaryl/α,β-unsaturated/α-hetero) is 2. The highest BCUT2D eigenvalue weighted by atomic mass is 35.5. The van der Waals surface area contributed by atoms with E-state index in [1.165, 1.54) is 0 Å². The van der Waals surface area contributed by atoms with Crippen LogP contribution in [0.3, 0.4) is 0 Å². The van der Waals surface area contributed by atoms with Gasteiger partial charge in [-0.05, 0) is 75.5 Å². The van der Waals surface area contributed by atoms with Crippen molar-refractivity contribution in [3.63, 3.8) is 0 Å². The highest BCUT2D eigenvalue weighted by molar-refractivity contribution is 6.02. The van der Waals surface area contributed by atoms with Gasteiger partial charge in [0, 0.05) is 23.2 Å². The third-order valence-corrected chi connectivity index (χ3v) is 9.26. The molecular weight excluding hydrogens is 486 g/mol. The van der Waals surface area contributed by atoms with Crippen molar-refractivity contribution < 1.29 is 33.8 Å². The smallest absolute Gasteiger partial charge is 0.434 e. The summed E-state index contributed by atoms with van der Waals surface area (Å²) in [6.07, 6.45) is 8.90. The molecule has 0 aromatic carbocycles. The maximum atomic E-state index is 13.6. The predicted octanol–water partition coefficient (Wildman–Crippen LogP) is 3.48. The Hall–Kier alpha value is -2.03. The van der Waals surface area contributed by atoms with E-state index in [1.807, 2.05) is 19.9 Å². The van der Waals surface area contributed by atoms with Gasteiger partial charge in [-0.2, -0.15) is 0 Å². The lowest BCUT2D eigenvalue weighted by atomic mass is 9.46. The Morgan fingerprint density at radius 3 is 2.61 bits per heavy atom. The molecule has 0 heterocycles. The molecule has 0 bridgehead atoms. The Bertz CT molecular complexity index is 977. The van der Waals surface area contributed by atoms with Gasteiger partial charge in [0.2, 0.25) is 5.78 Å². The van der Waals surface area contributed by atoms with E-state index in [0.717, 1.165) is 31.3 Å². The van der Waals surface area contributed by atoms with Gasteiger partial charge in [-0.15, -0.1) is 12.4 Å². The fourth-order valence-electron chi connectivity index (χ4n) is 7.36. The second-order valence-corrected chi connectivity index (χ2v) is 11.1. The molecule has 4 aliphatic carbocycles. The molecule has 9 heteroatoms. The van der Waals surface area contributed by atoms with Crippen LogP contribution in [0.4, 0.5) is 4.79 Å². The summed E-state index contributed by atoms with van der Waals surface area (Å²) in [6, 6.07) is 0. The summed E-state index contributed by atoms with van der Waals surface area (Å²) in [5, 5.41) is 11.6. The van der Waals surface area contributed by atoms with E-state index in [-0.39, 0.29) is 61.2 Å². The molecule has 0 unspecified atom stereocenters. The molecule has 6 atom stereocenters. The molecule has 8 nitrogen and oxygen atoms in total. The number of ketones is 3. The maximum Gasteiger partial charge on any atom is 0.508 e. The molecule has 0 aromatic rings. The zero-order valence-electron chi connectivity index (χ0n) is 21.1. The van der Waals surface area contributed by atoms with E-state index in [9.17, 15) is 24.3 Å². The first kappa shape index (κ1) is 28.5. The van der Waals surface area contributed by atoms with E-state index in [1.54, 1.807) is 12.2 Å². The minimum Gasteiger partial charge on any atom is -0.434 e. The number of carbonyl (C=O) groups excluding carboxylic acids is 4. The predicted molar refractivity (Wildman–Crippen MR) is 134 cm³/mol. The van der Waals surface area contributed by atoms with Gasteiger partial charge in [-0.25, -0.2) is 4.79 Å². The molecular formula is C27H38ClNO7. The van der Waals surface area contributed by atoms with Gasteiger partial charge >= 0.3 is 6.16 Å². The van der Waals surface area contributed by atoms with Crippen LogP contribution < -0.4 is 5.73 Å². The second-order valence-electron chi connectivity index (χ2n) is 11.1. The zero-order chi connectivity index (χ0) is 25.4. The van der Waals surface area contributed by atoms with E-state index in [2.05, 4.69) is 0 Å². The first-order valence-electron chi connectivity index (χ1n) is 12.8. The molecule has 3 saturated carbocycles. The van der Waals surface area contributed by atoms with Gasteiger partial charge in [-0.1, -0.05) is 25.5 Å². The van der Waals surface area contributed by atoms with E-state index in [4.69, 9.17) is 15.2 Å². The third kappa shape index (κ3) is 4.68. The molecule has 0 amide bonds. The molecule has 4 rings (SSSR count). The molecule has 200 valence electrons. The van der Waals surface area contributed by atoms with Gasteiger partial charge in [0.25, 0.3) is 0 Å². The first-order chi connectivity index (χ1) is 16.6. The van der Waals surface area contributed by atoms with Crippen LogP contribution in [0, 0.1) is 28.6 Å². The van der Waals surface area contributed by atoms with Crippen molar-refractivity contribution in [1.29, 1.82) is 0 Å². The summed E-state index contributed by atoms with van der Waals surface area (Å²) in [7, 11) is 0. The van der Waals surface area contributed by atoms with Crippen LogP contribution in [0.2, 0.25) is 0 Å². The van der Waals surface area contributed by atoms with Crippen molar-refractivity contribution in [2.24, 2.45) is 34.3 Å². The molecule has 3 fully saturated rings. The Balaban J connectivity index is 0.00000361. The topological polar surface area (TPSA) is 133 Å². The molecule has 36 heavy (non-hydrogen) atoms. The van der Waals surface area contributed by atoms with Crippen molar-refractivity contribution in [1.82, 2.24) is 0 Å². The minimum absolute atomic E-state index is 0. The number of unbranched alkanes of at least 4 members (excludes halogenated alkanes) is 2. The fraction of sp³-hybridized carbons (Fsp3) is 0.704. The van der Waals surface area contributed by atoms with Gasteiger partial charge in [0.05, 0.1) is 6.61 Å². The van der Waals surface area contributed by atoms with E-state index in [0.29, 0.717) is 19.4 Å². The van der Waals surface area contributed by atoms with Gasteiger partial charge in [0.15, 0.2) is 12.4 Å². The van der Waals surface area contributed by atoms with Gasteiger partial charge < -0.3 is 20.3 Å². The molecule has 0 radical (unpaired) electrons. The van der Waals surface area contributed by atoms with Crippen LogP contribution in [0.1, 0.15) is 65.2 Å². The van der Waals surface area contributed by atoms with Crippen molar-refractivity contribution in [2.45, 2.75) is 70.8 Å². The number of aliphatic hydroxyl groups is 1. The standard InChI is InChI=1S/C27H37NO7.ClH/c1-25-10-8-18(29)14-17(25)6-7-19-20-9-11-27(33,26(20,2)15-21(30)23(19)25)22(31)16-35-24(32)34-13-5-3-4-12-28;/h8,10,14,19-20,23,33H,3-7,9,11-13,15-16,28H2,1-2H3;1H/t19-,20-,23+,25-,26-,27-;/m0./s1. The number of fused-ring (bicyclic) bond motifs is 5. The molecule has 3 N–H and O–H groups in total. The molecule has 0 saturated heterocycles. The second kappa shape index (κ2) is 10.8. The monoisotopic (exact) mass is 523 g/mol. The highest BCUT2D eigenvalue weighted by Crippen LogP contribution is 2.66. The lowest BCUT2D eigenvalue weighted by Crippen LogP contribution is -2.60. The first-order valence-corrected chi connectivity index (χ1v) is 12.8. The van der Waals surface area contributed by atoms with Crippen LogP contribution in [0.15, 0.2) is 23.8 Å². The summed E-state index contributed by atoms with van der Waals surface area (Å²) in [4.78, 5) is 50.6. The van der Waals surface area contributed by atoms with Gasteiger partial charge in [0.1, 0.15) is 11.4 Å². The fourth-order valence-corrected chi connectivity index (χ4v) is 7.36. The third-order valence-electron chi connectivity index (χ3n) is 9.26. The normalized spacial score (nSPS) is 36.7. The number of rotatable bonds is 8. The largest absolute Gasteiger partial charge is 0.508 e. The van der Waals surface area contributed by atoms with Gasteiger partial charge in [-0.3, -0.25) is 14.4 Å². The average molecular weight is 524 g/mol.